The van der Waals surface area contributed by atoms with Crippen molar-refractivity contribution in [2.24, 2.45) is 0 Å². The van der Waals surface area contributed by atoms with Crippen LogP contribution in [0, 0.1) is 0 Å². The van der Waals surface area contributed by atoms with Gasteiger partial charge in [-0.15, -0.1) is 0 Å². The van der Waals surface area contributed by atoms with Gasteiger partial charge in [-0.3, -0.25) is 14.5 Å². The predicted octanol–water partition coefficient (Wildman–Crippen LogP) is 1.49. The van der Waals surface area contributed by atoms with E-state index in [1.165, 1.54) is 4.90 Å². The van der Waals surface area contributed by atoms with Crippen molar-refractivity contribution in [2.45, 2.75) is 38.0 Å². The molecule has 1 fully saturated rings. The normalized spacial score (nSPS) is 25.2. The van der Waals surface area contributed by atoms with Gasteiger partial charge in [-0.2, -0.15) is 0 Å². The van der Waals surface area contributed by atoms with Crippen LogP contribution in [0.5, 0.6) is 0 Å². The van der Waals surface area contributed by atoms with E-state index in [9.17, 15) is 14.4 Å². The molecule has 3 atom stereocenters. The number of ether oxygens (including phenoxy) is 1. The van der Waals surface area contributed by atoms with Crippen LogP contribution in [0.15, 0.2) is 24.3 Å². The van der Waals surface area contributed by atoms with Crippen molar-refractivity contribution >= 4 is 17.9 Å². The van der Waals surface area contributed by atoms with Crippen LogP contribution in [0.2, 0.25) is 0 Å². The minimum Gasteiger partial charge on any atom is -0.465 e. The van der Waals surface area contributed by atoms with E-state index in [1.807, 2.05) is 0 Å². The summed E-state index contributed by atoms with van der Waals surface area (Å²) >= 11 is 0. The first kappa shape index (κ1) is 15.5. The Labute approximate surface area is 133 Å². The van der Waals surface area contributed by atoms with Crippen molar-refractivity contribution in [3.8, 4) is 0 Å². The lowest BCUT2D eigenvalue weighted by atomic mass is 9.99. The van der Waals surface area contributed by atoms with Gasteiger partial charge in [0.05, 0.1) is 35.9 Å². The molecule has 0 radical (unpaired) electrons. The maximum absolute atomic E-state index is 12.5. The van der Waals surface area contributed by atoms with Crippen molar-refractivity contribution in [2.75, 3.05) is 6.61 Å². The lowest BCUT2D eigenvalue weighted by Crippen LogP contribution is -2.50. The number of nitrogens with one attached hydrogen (secondary N) is 1. The highest BCUT2D eigenvalue weighted by atomic mass is 16.5. The molecule has 2 aliphatic rings. The highest BCUT2D eigenvalue weighted by molar-refractivity contribution is 6.21. The average molecular weight is 318 g/mol. The lowest BCUT2D eigenvalue weighted by Gasteiger charge is -2.35. The number of carbonyl (C=O) groups excluding carboxylic acids is 2. The monoisotopic (exact) mass is 318 g/mol. The van der Waals surface area contributed by atoms with Crippen LogP contribution in [0.4, 0.5) is 4.79 Å². The Balaban J connectivity index is 1.68. The number of rotatable bonds is 3. The average Bonchev–Trinajstić information content (AvgIpc) is 2.79. The highest BCUT2D eigenvalue weighted by Gasteiger charge is 2.41. The second kappa shape index (κ2) is 6.00. The molecule has 2 heterocycles. The summed E-state index contributed by atoms with van der Waals surface area (Å²) in [6.07, 6.45) is -0.168. The summed E-state index contributed by atoms with van der Waals surface area (Å²) in [5.41, 5.74) is 0.844. The first-order valence-electron chi connectivity index (χ1n) is 7.57. The Bertz CT molecular complexity index is 617. The van der Waals surface area contributed by atoms with E-state index in [0.29, 0.717) is 24.0 Å². The fourth-order valence-electron chi connectivity index (χ4n) is 3.18. The third-order valence-electron chi connectivity index (χ3n) is 4.41. The largest absolute Gasteiger partial charge is 0.465 e. The first-order valence-corrected chi connectivity index (χ1v) is 7.57. The number of benzene rings is 1. The van der Waals surface area contributed by atoms with Crippen molar-refractivity contribution in [3.63, 3.8) is 0 Å². The molecule has 3 rings (SSSR count). The van der Waals surface area contributed by atoms with E-state index >= 15 is 0 Å². The maximum Gasteiger partial charge on any atom is 0.404 e. The van der Waals surface area contributed by atoms with E-state index in [2.05, 4.69) is 5.32 Å². The molecule has 0 aromatic heterocycles. The summed E-state index contributed by atoms with van der Waals surface area (Å²) < 4.78 is 5.69. The lowest BCUT2D eigenvalue weighted by molar-refractivity contribution is -0.0374. The van der Waals surface area contributed by atoms with Crippen LogP contribution in [-0.4, -0.2) is 52.7 Å². The molecular formula is C16H18N2O5. The third-order valence-corrected chi connectivity index (χ3v) is 4.41. The van der Waals surface area contributed by atoms with Crippen LogP contribution >= 0.6 is 0 Å². The standard InChI is InChI=1S/C16H18N2O5/c1-9(13-7-6-10(8-23-13)17-16(21)22)18-14(19)11-4-2-3-5-12(11)15(18)20/h2-5,9-10,13,17H,6-8H2,1H3,(H,21,22)/t9-,10+,13-/m0/s1. The summed E-state index contributed by atoms with van der Waals surface area (Å²) in [5.74, 6) is -0.597. The Morgan fingerprint density at radius 2 is 1.87 bits per heavy atom. The molecule has 1 saturated heterocycles. The third kappa shape index (κ3) is 2.79. The Morgan fingerprint density at radius 1 is 1.26 bits per heavy atom. The first-order chi connectivity index (χ1) is 11.0. The van der Waals surface area contributed by atoms with Gasteiger partial charge in [-0.05, 0) is 31.9 Å². The molecule has 0 unspecified atom stereocenters. The molecule has 1 aromatic rings. The molecule has 2 aliphatic heterocycles. The van der Waals surface area contributed by atoms with Gasteiger partial charge in [0, 0.05) is 0 Å². The van der Waals surface area contributed by atoms with Gasteiger partial charge in [0.15, 0.2) is 0 Å². The molecule has 122 valence electrons. The van der Waals surface area contributed by atoms with Gasteiger partial charge in [-0.25, -0.2) is 4.79 Å². The number of fused-ring (bicyclic) bond motifs is 1. The predicted molar refractivity (Wildman–Crippen MR) is 80.3 cm³/mol. The molecule has 0 saturated carbocycles. The second-order valence-corrected chi connectivity index (χ2v) is 5.86. The van der Waals surface area contributed by atoms with Crippen LogP contribution < -0.4 is 5.32 Å². The number of amides is 3. The number of carboxylic acid groups (broad SMARTS) is 1. The van der Waals surface area contributed by atoms with E-state index < -0.39 is 12.1 Å². The summed E-state index contributed by atoms with van der Waals surface area (Å²) in [4.78, 5) is 36.8. The van der Waals surface area contributed by atoms with Crippen molar-refractivity contribution < 1.29 is 24.2 Å². The zero-order chi connectivity index (χ0) is 16.6. The molecule has 1 aromatic carbocycles. The highest BCUT2D eigenvalue weighted by Crippen LogP contribution is 2.28. The van der Waals surface area contributed by atoms with E-state index in [-0.39, 0.29) is 30.6 Å². The SMILES string of the molecule is C[C@@H]([C@@H]1CC[C@@H](NC(=O)O)CO1)N1C(=O)c2ccccc2C1=O. The fraction of sp³-hybridized carbons (Fsp3) is 0.438. The Kier molecular flexibility index (Phi) is 4.04. The number of nitrogens with zero attached hydrogens (tertiary/aromatic N) is 1. The molecule has 3 amide bonds. The molecule has 0 aliphatic carbocycles. The molecule has 0 spiro atoms. The summed E-state index contributed by atoms with van der Waals surface area (Å²) in [5, 5.41) is 11.1. The zero-order valence-electron chi connectivity index (χ0n) is 12.7. The van der Waals surface area contributed by atoms with E-state index in [1.54, 1.807) is 31.2 Å². The molecule has 7 nitrogen and oxygen atoms in total. The van der Waals surface area contributed by atoms with Gasteiger partial charge in [0.25, 0.3) is 11.8 Å². The Morgan fingerprint density at radius 3 is 2.35 bits per heavy atom. The van der Waals surface area contributed by atoms with Gasteiger partial charge < -0.3 is 15.2 Å². The van der Waals surface area contributed by atoms with Gasteiger partial charge in [0.2, 0.25) is 0 Å². The number of carbonyl (C=O) groups is 3. The number of imide groups is 1. The quantitative estimate of drug-likeness (QED) is 0.823. The molecule has 7 heteroatoms. The second-order valence-electron chi connectivity index (χ2n) is 5.86. The van der Waals surface area contributed by atoms with Crippen molar-refractivity contribution in [1.82, 2.24) is 10.2 Å². The van der Waals surface area contributed by atoms with Gasteiger partial charge >= 0.3 is 6.09 Å². The zero-order valence-corrected chi connectivity index (χ0v) is 12.7. The summed E-state index contributed by atoms with van der Waals surface area (Å²) in [7, 11) is 0. The van der Waals surface area contributed by atoms with Crippen LogP contribution in [-0.2, 0) is 4.74 Å². The van der Waals surface area contributed by atoms with Crippen LogP contribution in [0.3, 0.4) is 0 Å². The summed E-state index contributed by atoms with van der Waals surface area (Å²) in [6, 6.07) is 6.12. The maximum atomic E-state index is 12.5. The van der Waals surface area contributed by atoms with Crippen molar-refractivity contribution in [3.05, 3.63) is 35.4 Å². The molecule has 23 heavy (non-hydrogen) atoms. The smallest absolute Gasteiger partial charge is 0.404 e. The Hall–Kier alpha value is -2.41. The minimum absolute atomic E-state index is 0.241. The van der Waals surface area contributed by atoms with Crippen LogP contribution in [0.25, 0.3) is 0 Å². The summed E-state index contributed by atoms with van der Waals surface area (Å²) in [6.45, 7) is 2.03. The van der Waals surface area contributed by atoms with E-state index in [0.717, 1.165) is 0 Å². The van der Waals surface area contributed by atoms with E-state index in [4.69, 9.17) is 9.84 Å². The molecule has 2 N–H and O–H groups in total. The fourth-order valence-corrected chi connectivity index (χ4v) is 3.18. The van der Waals surface area contributed by atoms with Gasteiger partial charge in [0.1, 0.15) is 0 Å². The molecular weight excluding hydrogens is 300 g/mol. The number of hydrogen-bond donors (Lipinski definition) is 2. The minimum atomic E-state index is -1.08. The van der Waals surface area contributed by atoms with Crippen LogP contribution in [0.1, 0.15) is 40.5 Å². The number of hydrogen-bond acceptors (Lipinski definition) is 4. The van der Waals surface area contributed by atoms with Gasteiger partial charge in [-0.1, -0.05) is 12.1 Å². The molecule has 0 bridgehead atoms. The topological polar surface area (TPSA) is 95.9 Å². The van der Waals surface area contributed by atoms with Crippen molar-refractivity contribution in [1.29, 1.82) is 0 Å².